The molecular formula is C28H33N3O2. The van der Waals surface area contributed by atoms with Crippen LogP contribution in [0.4, 0.5) is 5.69 Å². The summed E-state index contributed by atoms with van der Waals surface area (Å²) >= 11 is 0. The van der Waals surface area contributed by atoms with Crippen LogP contribution in [0.2, 0.25) is 0 Å². The Morgan fingerprint density at radius 3 is 2.36 bits per heavy atom. The van der Waals surface area contributed by atoms with Crippen molar-refractivity contribution in [1.29, 1.82) is 0 Å². The molecule has 5 nitrogen and oxygen atoms in total. The molecule has 0 fully saturated rings. The van der Waals surface area contributed by atoms with E-state index >= 15 is 0 Å². The van der Waals surface area contributed by atoms with Gasteiger partial charge in [0, 0.05) is 39.4 Å². The Morgan fingerprint density at radius 2 is 1.70 bits per heavy atom. The van der Waals surface area contributed by atoms with Gasteiger partial charge in [-0.1, -0.05) is 48.5 Å². The molecule has 0 bridgehead atoms. The highest BCUT2D eigenvalue weighted by molar-refractivity contribution is 5.78. The summed E-state index contributed by atoms with van der Waals surface area (Å²) in [7, 11) is 5.74. The van der Waals surface area contributed by atoms with E-state index in [1.165, 1.54) is 22.4 Å². The van der Waals surface area contributed by atoms with E-state index in [9.17, 15) is 4.79 Å². The predicted molar refractivity (Wildman–Crippen MR) is 134 cm³/mol. The van der Waals surface area contributed by atoms with Gasteiger partial charge in [0.15, 0.2) is 0 Å². The number of carbonyl (C=O) groups excluding carboxylic acids is 1. The van der Waals surface area contributed by atoms with E-state index in [0.717, 1.165) is 30.8 Å². The topological polar surface area (TPSA) is 44.8 Å². The first-order chi connectivity index (χ1) is 16.0. The third-order valence-corrected chi connectivity index (χ3v) is 6.41. The van der Waals surface area contributed by atoms with Crippen LogP contribution in [0.25, 0.3) is 0 Å². The van der Waals surface area contributed by atoms with Gasteiger partial charge in [0.25, 0.3) is 0 Å². The number of benzene rings is 3. The maximum Gasteiger partial charge on any atom is 0.224 e. The Morgan fingerprint density at radius 1 is 1.00 bits per heavy atom. The molecule has 1 amide bonds. The smallest absolute Gasteiger partial charge is 0.224 e. The van der Waals surface area contributed by atoms with Gasteiger partial charge in [0.2, 0.25) is 5.91 Å². The number of hydrogen-bond donors (Lipinski definition) is 1. The molecular weight excluding hydrogens is 410 g/mol. The summed E-state index contributed by atoms with van der Waals surface area (Å²) in [5.41, 5.74) is 6.18. The zero-order chi connectivity index (χ0) is 23.2. The molecule has 1 aliphatic rings. The molecule has 0 saturated heterocycles. The maximum absolute atomic E-state index is 12.8. The van der Waals surface area contributed by atoms with Crippen molar-refractivity contribution in [3.8, 4) is 5.75 Å². The third kappa shape index (κ3) is 5.74. The molecule has 3 aromatic rings. The van der Waals surface area contributed by atoms with E-state index in [-0.39, 0.29) is 11.9 Å². The lowest BCUT2D eigenvalue weighted by atomic mass is 9.96. The highest BCUT2D eigenvalue weighted by atomic mass is 16.5. The number of ether oxygens (including phenoxy) is 1. The van der Waals surface area contributed by atoms with Crippen molar-refractivity contribution >= 4 is 11.6 Å². The molecule has 1 atom stereocenters. The number of fused-ring (bicyclic) bond motifs is 1. The summed E-state index contributed by atoms with van der Waals surface area (Å²) in [6.45, 7) is 2.45. The van der Waals surface area contributed by atoms with Crippen molar-refractivity contribution in [1.82, 2.24) is 10.2 Å². The fourth-order valence-electron chi connectivity index (χ4n) is 4.44. The molecule has 0 saturated carbocycles. The van der Waals surface area contributed by atoms with Gasteiger partial charge >= 0.3 is 0 Å². The van der Waals surface area contributed by atoms with E-state index < -0.39 is 0 Å². The molecule has 0 aromatic heterocycles. The molecule has 172 valence electrons. The Bertz CT molecular complexity index is 1060. The van der Waals surface area contributed by atoms with Crippen LogP contribution in [0.5, 0.6) is 5.75 Å². The molecule has 3 aromatic carbocycles. The van der Waals surface area contributed by atoms with Gasteiger partial charge in [0.1, 0.15) is 5.75 Å². The van der Waals surface area contributed by atoms with Gasteiger partial charge < -0.3 is 15.0 Å². The average Bonchev–Trinajstić information content (AvgIpc) is 2.85. The standard InChI is InChI=1S/C28H33N3O2/c1-30(2)25-12-10-23(11-13-25)27(31-17-16-22-6-4-5-7-24(22)20-31)19-29-28(32)18-21-8-14-26(33-3)15-9-21/h4-15,27H,16-20H2,1-3H3,(H,29,32). The third-order valence-electron chi connectivity index (χ3n) is 6.41. The summed E-state index contributed by atoms with van der Waals surface area (Å²) in [5.74, 6) is 0.832. The molecule has 1 heterocycles. The summed E-state index contributed by atoms with van der Waals surface area (Å²) < 4.78 is 5.21. The summed E-state index contributed by atoms with van der Waals surface area (Å²) in [6.07, 6.45) is 1.39. The molecule has 0 radical (unpaired) electrons. The van der Waals surface area contributed by atoms with Crippen molar-refractivity contribution < 1.29 is 9.53 Å². The van der Waals surface area contributed by atoms with Gasteiger partial charge in [-0.2, -0.15) is 0 Å². The van der Waals surface area contributed by atoms with Gasteiger partial charge in [0.05, 0.1) is 19.6 Å². The first-order valence-corrected chi connectivity index (χ1v) is 11.5. The number of methoxy groups -OCH3 is 1. The van der Waals surface area contributed by atoms with Crippen molar-refractivity contribution in [2.45, 2.75) is 25.4 Å². The van der Waals surface area contributed by atoms with Crippen molar-refractivity contribution in [2.24, 2.45) is 0 Å². The summed E-state index contributed by atoms with van der Waals surface area (Å²) in [6, 6.07) is 25.1. The monoisotopic (exact) mass is 443 g/mol. The fraction of sp³-hybridized carbons (Fsp3) is 0.321. The van der Waals surface area contributed by atoms with Crippen LogP contribution in [-0.2, 0) is 24.2 Å². The van der Waals surface area contributed by atoms with E-state index in [4.69, 9.17) is 4.74 Å². The minimum atomic E-state index is 0.0347. The maximum atomic E-state index is 12.8. The van der Waals surface area contributed by atoms with Gasteiger partial charge in [-0.25, -0.2) is 0 Å². The second-order valence-electron chi connectivity index (χ2n) is 8.82. The lowest BCUT2D eigenvalue weighted by Gasteiger charge is -2.36. The first-order valence-electron chi connectivity index (χ1n) is 11.5. The van der Waals surface area contributed by atoms with Crippen LogP contribution in [-0.4, -0.2) is 45.1 Å². The van der Waals surface area contributed by atoms with Crippen LogP contribution >= 0.6 is 0 Å². The summed E-state index contributed by atoms with van der Waals surface area (Å²) in [4.78, 5) is 17.4. The molecule has 1 unspecified atom stereocenters. The first kappa shape index (κ1) is 22.9. The molecule has 33 heavy (non-hydrogen) atoms. The highest BCUT2D eigenvalue weighted by Gasteiger charge is 2.25. The molecule has 5 heteroatoms. The zero-order valence-electron chi connectivity index (χ0n) is 19.8. The molecule has 1 aliphatic heterocycles. The Kier molecular flexibility index (Phi) is 7.30. The Balaban J connectivity index is 1.48. The van der Waals surface area contributed by atoms with Crippen molar-refractivity contribution in [2.75, 3.05) is 39.2 Å². The Labute approximate surface area is 197 Å². The minimum absolute atomic E-state index is 0.0347. The Hall–Kier alpha value is -3.31. The highest BCUT2D eigenvalue weighted by Crippen LogP contribution is 2.28. The normalized spacial score (nSPS) is 14.3. The van der Waals surface area contributed by atoms with Crippen LogP contribution in [0, 0.1) is 0 Å². The molecule has 0 aliphatic carbocycles. The molecule has 0 spiro atoms. The fourth-order valence-corrected chi connectivity index (χ4v) is 4.44. The van der Waals surface area contributed by atoms with Gasteiger partial charge in [-0.3, -0.25) is 9.69 Å². The second kappa shape index (κ2) is 10.5. The number of rotatable bonds is 8. The number of nitrogens with one attached hydrogen (secondary N) is 1. The van der Waals surface area contributed by atoms with Crippen molar-refractivity contribution in [3.63, 3.8) is 0 Å². The van der Waals surface area contributed by atoms with Crippen LogP contribution in [0.15, 0.2) is 72.8 Å². The molecule has 4 rings (SSSR count). The van der Waals surface area contributed by atoms with E-state index in [0.29, 0.717) is 13.0 Å². The average molecular weight is 444 g/mol. The van der Waals surface area contributed by atoms with Gasteiger partial charge in [-0.15, -0.1) is 0 Å². The quantitative estimate of drug-likeness (QED) is 0.566. The zero-order valence-corrected chi connectivity index (χ0v) is 19.8. The van der Waals surface area contributed by atoms with E-state index in [2.05, 4.69) is 63.6 Å². The minimum Gasteiger partial charge on any atom is -0.497 e. The number of anilines is 1. The van der Waals surface area contributed by atoms with Crippen molar-refractivity contribution in [3.05, 3.63) is 95.1 Å². The number of carbonyl (C=O) groups is 1. The SMILES string of the molecule is COc1ccc(CC(=O)NCC(c2ccc(N(C)C)cc2)N2CCc3ccccc3C2)cc1. The predicted octanol–water partition coefficient (Wildman–Crippen LogP) is 4.22. The number of hydrogen-bond acceptors (Lipinski definition) is 4. The van der Waals surface area contributed by atoms with Crippen LogP contribution in [0.3, 0.4) is 0 Å². The van der Waals surface area contributed by atoms with Crippen LogP contribution in [0.1, 0.15) is 28.3 Å². The lowest BCUT2D eigenvalue weighted by molar-refractivity contribution is -0.120. The lowest BCUT2D eigenvalue weighted by Crippen LogP contribution is -2.41. The number of nitrogens with zero attached hydrogens (tertiary/aromatic N) is 2. The largest absolute Gasteiger partial charge is 0.497 e. The van der Waals surface area contributed by atoms with Crippen LogP contribution < -0.4 is 15.0 Å². The van der Waals surface area contributed by atoms with E-state index in [1.807, 2.05) is 38.4 Å². The number of amides is 1. The van der Waals surface area contributed by atoms with Gasteiger partial charge in [-0.05, 0) is 52.9 Å². The van der Waals surface area contributed by atoms with E-state index in [1.54, 1.807) is 7.11 Å². The second-order valence-corrected chi connectivity index (χ2v) is 8.82. The molecule has 1 N–H and O–H groups in total. The summed E-state index contributed by atoms with van der Waals surface area (Å²) in [5, 5.41) is 3.19.